The van der Waals surface area contributed by atoms with Crippen LogP contribution in [0.25, 0.3) is 0 Å². The van der Waals surface area contributed by atoms with Crippen molar-refractivity contribution in [3.63, 3.8) is 0 Å². The summed E-state index contributed by atoms with van der Waals surface area (Å²) in [5, 5.41) is 9.57. The maximum atomic E-state index is 9.57. The zero-order valence-corrected chi connectivity index (χ0v) is 7.84. The number of aliphatic hydroxyl groups excluding tert-OH is 1. The molecule has 0 aromatic rings. The molecule has 2 saturated carbocycles. The van der Waals surface area contributed by atoms with Gasteiger partial charge in [-0.25, -0.2) is 0 Å². The van der Waals surface area contributed by atoms with Gasteiger partial charge >= 0.3 is 0 Å². The van der Waals surface area contributed by atoms with Crippen molar-refractivity contribution in [2.24, 2.45) is 11.8 Å². The predicted octanol–water partition coefficient (Wildman–Crippen LogP) is 2.73. The monoisotopic (exact) mass is 168 g/mol. The third kappa shape index (κ3) is 2.22. The molecule has 0 aliphatic heterocycles. The molecule has 2 atom stereocenters. The summed E-state index contributed by atoms with van der Waals surface area (Å²) in [6.07, 6.45) is 10.7. The quantitative estimate of drug-likeness (QED) is 0.684. The third-order valence-corrected chi connectivity index (χ3v) is 3.50. The van der Waals surface area contributed by atoms with Gasteiger partial charge in [0.25, 0.3) is 0 Å². The van der Waals surface area contributed by atoms with Crippen molar-refractivity contribution >= 4 is 0 Å². The van der Waals surface area contributed by atoms with Gasteiger partial charge in [0.1, 0.15) is 0 Å². The highest BCUT2D eigenvalue weighted by Gasteiger charge is 2.26. The molecule has 1 heteroatoms. The molecule has 2 aliphatic carbocycles. The van der Waals surface area contributed by atoms with Crippen LogP contribution in [0.1, 0.15) is 51.4 Å². The van der Waals surface area contributed by atoms with Crippen LogP contribution in [-0.4, -0.2) is 11.2 Å². The zero-order valence-electron chi connectivity index (χ0n) is 7.84. The molecule has 0 aromatic heterocycles. The van der Waals surface area contributed by atoms with E-state index < -0.39 is 0 Å². The number of hydrogen-bond acceptors (Lipinski definition) is 1. The second-order valence-corrected chi connectivity index (χ2v) is 4.63. The first-order chi connectivity index (χ1) is 5.86. The standard InChI is InChI=1S/C11H20O/c12-11-6-2-5-10(11)4-1-3-9-7-8-9/h9-12H,1-8H2. The fourth-order valence-corrected chi connectivity index (χ4v) is 2.43. The summed E-state index contributed by atoms with van der Waals surface area (Å²) in [4.78, 5) is 0. The van der Waals surface area contributed by atoms with Crippen LogP contribution in [0.5, 0.6) is 0 Å². The Hall–Kier alpha value is -0.0400. The van der Waals surface area contributed by atoms with Crippen molar-refractivity contribution in [2.75, 3.05) is 0 Å². The van der Waals surface area contributed by atoms with E-state index in [-0.39, 0.29) is 6.10 Å². The van der Waals surface area contributed by atoms with E-state index in [0.29, 0.717) is 5.92 Å². The number of hydrogen-bond donors (Lipinski definition) is 1. The lowest BCUT2D eigenvalue weighted by atomic mass is 9.98. The maximum Gasteiger partial charge on any atom is 0.0568 e. The van der Waals surface area contributed by atoms with Gasteiger partial charge in [0.05, 0.1) is 6.10 Å². The SMILES string of the molecule is OC1CCCC1CCCC1CC1. The average Bonchev–Trinajstić information content (AvgIpc) is 2.78. The highest BCUT2D eigenvalue weighted by Crippen LogP contribution is 2.36. The fraction of sp³-hybridized carbons (Fsp3) is 1.00. The van der Waals surface area contributed by atoms with Gasteiger partial charge in [-0.1, -0.05) is 32.1 Å². The van der Waals surface area contributed by atoms with Crippen molar-refractivity contribution < 1.29 is 5.11 Å². The van der Waals surface area contributed by atoms with Crippen LogP contribution in [0.4, 0.5) is 0 Å². The highest BCUT2D eigenvalue weighted by molar-refractivity contribution is 4.78. The van der Waals surface area contributed by atoms with Gasteiger partial charge in [0.15, 0.2) is 0 Å². The van der Waals surface area contributed by atoms with Gasteiger partial charge in [0.2, 0.25) is 0 Å². The number of rotatable bonds is 4. The molecule has 2 aliphatic rings. The van der Waals surface area contributed by atoms with E-state index in [0.717, 1.165) is 12.3 Å². The molecule has 0 amide bonds. The first-order valence-corrected chi connectivity index (χ1v) is 5.54. The molecule has 0 heterocycles. The van der Waals surface area contributed by atoms with Gasteiger partial charge in [-0.2, -0.15) is 0 Å². The van der Waals surface area contributed by atoms with E-state index in [1.54, 1.807) is 0 Å². The van der Waals surface area contributed by atoms with E-state index in [2.05, 4.69) is 0 Å². The van der Waals surface area contributed by atoms with Crippen LogP contribution in [0.15, 0.2) is 0 Å². The van der Waals surface area contributed by atoms with Crippen LogP contribution in [0, 0.1) is 11.8 Å². The summed E-state index contributed by atoms with van der Waals surface area (Å²) < 4.78 is 0. The zero-order chi connectivity index (χ0) is 8.39. The molecule has 70 valence electrons. The van der Waals surface area contributed by atoms with Gasteiger partial charge in [-0.3, -0.25) is 0 Å². The number of aliphatic hydroxyl groups is 1. The summed E-state index contributed by atoms with van der Waals surface area (Å²) >= 11 is 0. The molecule has 0 saturated heterocycles. The van der Waals surface area contributed by atoms with E-state index in [1.165, 1.54) is 44.9 Å². The van der Waals surface area contributed by atoms with Gasteiger partial charge in [0, 0.05) is 0 Å². The van der Waals surface area contributed by atoms with Crippen molar-refractivity contribution in [2.45, 2.75) is 57.5 Å². The fourth-order valence-electron chi connectivity index (χ4n) is 2.43. The maximum absolute atomic E-state index is 9.57. The molecular formula is C11H20O. The van der Waals surface area contributed by atoms with Crippen LogP contribution < -0.4 is 0 Å². The Bertz CT molecular complexity index is 140. The Morgan fingerprint density at radius 3 is 2.42 bits per heavy atom. The van der Waals surface area contributed by atoms with Crippen LogP contribution >= 0.6 is 0 Å². The minimum atomic E-state index is 0.0456. The van der Waals surface area contributed by atoms with Crippen LogP contribution in [0.2, 0.25) is 0 Å². The summed E-state index contributed by atoms with van der Waals surface area (Å²) in [5.41, 5.74) is 0. The minimum absolute atomic E-state index is 0.0456. The van der Waals surface area contributed by atoms with Crippen molar-refractivity contribution in [1.29, 1.82) is 0 Å². The molecule has 2 fully saturated rings. The normalized spacial score (nSPS) is 35.8. The van der Waals surface area contributed by atoms with Crippen LogP contribution in [0.3, 0.4) is 0 Å². The van der Waals surface area contributed by atoms with Crippen molar-refractivity contribution in [3.05, 3.63) is 0 Å². The summed E-state index contributed by atoms with van der Waals surface area (Å²) in [5.74, 6) is 1.73. The molecule has 2 unspecified atom stereocenters. The Morgan fingerprint density at radius 2 is 1.83 bits per heavy atom. The highest BCUT2D eigenvalue weighted by atomic mass is 16.3. The summed E-state index contributed by atoms with van der Waals surface area (Å²) in [6.45, 7) is 0. The predicted molar refractivity (Wildman–Crippen MR) is 49.9 cm³/mol. The lowest BCUT2D eigenvalue weighted by Gasteiger charge is -2.13. The third-order valence-electron chi connectivity index (χ3n) is 3.50. The summed E-state index contributed by atoms with van der Waals surface area (Å²) in [7, 11) is 0. The molecular weight excluding hydrogens is 148 g/mol. The van der Waals surface area contributed by atoms with Gasteiger partial charge < -0.3 is 5.11 Å². The van der Waals surface area contributed by atoms with Crippen LogP contribution in [-0.2, 0) is 0 Å². The molecule has 0 bridgehead atoms. The van der Waals surface area contributed by atoms with E-state index in [1.807, 2.05) is 0 Å². The Labute approximate surface area is 75.2 Å². The molecule has 2 rings (SSSR count). The minimum Gasteiger partial charge on any atom is -0.393 e. The van der Waals surface area contributed by atoms with Gasteiger partial charge in [-0.15, -0.1) is 0 Å². The Morgan fingerprint density at radius 1 is 1.00 bits per heavy atom. The smallest absolute Gasteiger partial charge is 0.0568 e. The first kappa shape index (κ1) is 8.55. The van der Waals surface area contributed by atoms with E-state index in [9.17, 15) is 5.11 Å². The molecule has 0 spiro atoms. The molecule has 1 nitrogen and oxygen atoms in total. The lowest BCUT2D eigenvalue weighted by molar-refractivity contribution is 0.126. The second-order valence-electron chi connectivity index (χ2n) is 4.63. The summed E-state index contributed by atoms with van der Waals surface area (Å²) in [6, 6.07) is 0. The topological polar surface area (TPSA) is 20.2 Å². The van der Waals surface area contributed by atoms with Crippen molar-refractivity contribution in [3.8, 4) is 0 Å². The lowest BCUT2D eigenvalue weighted by Crippen LogP contribution is -2.12. The second kappa shape index (κ2) is 3.78. The largest absolute Gasteiger partial charge is 0.393 e. The Kier molecular flexibility index (Phi) is 2.69. The molecule has 12 heavy (non-hydrogen) atoms. The molecule has 1 N–H and O–H groups in total. The van der Waals surface area contributed by atoms with E-state index in [4.69, 9.17) is 0 Å². The van der Waals surface area contributed by atoms with E-state index >= 15 is 0 Å². The molecule has 0 aromatic carbocycles. The average molecular weight is 168 g/mol. The Balaban J connectivity index is 1.58. The van der Waals surface area contributed by atoms with Crippen molar-refractivity contribution in [1.82, 2.24) is 0 Å². The van der Waals surface area contributed by atoms with Gasteiger partial charge in [-0.05, 0) is 31.1 Å². The molecule has 0 radical (unpaired) electrons. The first-order valence-electron chi connectivity index (χ1n) is 5.54.